The Hall–Kier alpha value is -1.35. The molecular weight excluding hydrogens is 178 g/mol. The highest BCUT2D eigenvalue weighted by Gasteiger charge is 2.07. The minimum atomic E-state index is -0.453. The fourth-order valence-corrected chi connectivity index (χ4v) is 1.23. The highest BCUT2D eigenvalue weighted by Crippen LogP contribution is 2.18. The van der Waals surface area contributed by atoms with E-state index in [1.165, 1.54) is 7.11 Å². The first-order valence-electron chi connectivity index (χ1n) is 4.44. The van der Waals surface area contributed by atoms with E-state index in [1.807, 2.05) is 43.3 Å². The zero-order valence-electron chi connectivity index (χ0n) is 8.73. The van der Waals surface area contributed by atoms with Crippen LogP contribution in [0.5, 0.6) is 0 Å². The van der Waals surface area contributed by atoms with Crippen molar-refractivity contribution in [2.45, 2.75) is 6.10 Å². The zero-order chi connectivity index (χ0) is 10.6. The van der Waals surface area contributed by atoms with Crippen LogP contribution in [-0.2, 0) is 9.53 Å². The quantitative estimate of drug-likeness (QED) is 0.681. The van der Waals surface area contributed by atoms with Crippen molar-refractivity contribution in [2.75, 3.05) is 26.1 Å². The molecule has 0 bridgehead atoms. The van der Waals surface area contributed by atoms with Crippen molar-refractivity contribution in [3.63, 3.8) is 0 Å². The molecule has 0 radical (unpaired) electrons. The van der Waals surface area contributed by atoms with Gasteiger partial charge in [-0.2, -0.15) is 0 Å². The summed E-state index contributed by atoms with van der Waals surface area (Å²) in [4.78, 5) is 12.6. The van der Waals surface area contributed by atoms with Crippen molar-refractivity contribution in [1.82, 2.24) is 0 Å². The largest absolute Gasteiger partial charge is 0.378 e. The van der Waals surface area contributed by atoms with Gasteiger partial charge in [0.15, 0.2) is 6.29 Å². The van der Waals surface area contributed by atoms with E-state index >= 15 is 0 Å². The van der Waals surface area contributed by atoms with Crippen LogP contribution in [0, 0.1) is 0 Å². The Morgan fingerprint density at radius 2 is 1.86 bits per heavy atom. The molecule has 0 fully saturated rings. The summed E-state index contributed by atoms with van der Waals surface area (Å²) in [5, 5.41) is 0. The van der Waals surface area contributed by atoms with Gasteiger partial charge in [0.2, 0.25) is 0 Å². The highest BCUT2D eigenvalue weighted by molar-refractivity contribution is 5.61. The van der Waals surface area contributed by atoms with Gasteiger partial charge in [-0.3, -0.25) is 0 Å². The Bertz CT molecular complexity index is 293. The molecule has 0 N–H and O–H groups in total. The molecular formula is C11H15NO2. The van der Waals surface area contributed by atoms with Crippen molar-refractivity contribution in [2.24, 2.45) is 0 Å². The number of rotatable bonds is 4. The Kier molecular flexibility index (Phi) is 3.65. The number of hydrogen-bond acceptors (Lipinski definition) is 3. The predicted octanol–water partition coefficient (Wildman–Crippen LogP) is 1.64. The Labute approximate surface area is 84.3 Å². The van der Waals surface area contributed by atoms with E-state index in [0.717, 1.165) is 17.5 Å². The molecule has 1 rings (SSSR count). The average Bonchev–Trinajstić information content (AvgIpc) is 2.20. The van der Waals surface area contributed by atoms with Gasteiger partial charge in [-0.25, -0.2) is 0 Å². The lowest BCUT2D eigenvalue weighted by Gasteiger charge is -2.14. The van der Waals surface area contributed by atoms with E-state index in [-0.39, 0.29) is 0 Å². The lowest BCUT2D eigenvalue weighted by Crippen LogP contribution is -2.09. The summed E-state index contributed by atoms with van der Waals surface area (Å²) in [6.07, 6.45) is 0.344. The van der Waals surface area contributed by atoms with Crippen molar-refractivity contribution in [3.8, 4) is 0 Å². The molecule has 1 atom stereocenters. The first-order chi connectivity index (χ1) is 6.69. The lowest BCUT2D eigenvalue weighted by molar-refractivity contribution is -0.116. The SMILES string of the molecule is COC(C=O)c1ccc(N(C)C)cc1. The molecule has 0 saturated heterocycles. The standard InChI is InChI=1S/C11H15NO2/c1-12(2)10-6-4-9(5-7-10)11(8-13)14-3/h4-8,11H,1-3H3. The van der Waals surface area contributed by atoms with E-state index in [0.29, 0.717) is 0 Å². The van der Waals surface area contributed by atoms with Gasteiger partial charge in [0.05, 0.1) is 0 Å². The molecule has 14 heavy (non-hydrogen) atoms. The van der Waals surface area contributed by atoms with Gasteiger partial charge >= 0.3 is 0 Å². The van der Waals surface area contributed by atoms with Gasteiger partial charge in [-0.15, -0.1) is 0 Å². The molecule has 0 aliphatic rings. The molecule has 0 spiro atoms. The van der Waals surface area contributed by atoms with E-state index in [1.54, 1.807) is 0 Å². The zero-order valence-corrected chi connectivity index (χ0v) is 8.73. The van der Waals surface area contributed by atoms with Crippen molar-refractivity contribution in [3.05, 3.63) is 29.8 Å². The third-order valence-corrected chi connectivity index (χ3v) is 2.12. The monoisotopic (exact) mass is 193 g/mol. The minimum absolute atomic E-state index is 0.453. The molecule has 0 amide bonds. The summed E-state index contributed by atoms with van der Waals surface area (Å²) in [6, 6.07) is 7.73. The van der Waals surface area contributed by atoms with Crippen LogP contribution in [0.15, 0.2) is 24.3 Å². The number of ether oxygens (including phenoxy) is 1. The topological polar surface area (TPSA) is 29.5 Å². The minimum Gasteiger partial charge on any atom is -0.378 e. The van der Waals surface area contributed by atoms with E-state index in [4.69, 9.17) is 4.74 Å². The fourth-order valence-electron chi connectivity index (χ4n) is 1.23. The van der Waals surface area contributed by atoms with Gasteiger partial charge in [-0.05, 0) is 17.7 Å². The number of benzene rings is 1. The second-order valence-electron chi connectivity index (χ2n) is 3.28. The first kappa shape index (κ1) is 10.7. The maximum absolute atomic E-state index is 10.6. The number of aldehydes is 1. The normalized spacial score (nSPS) is 12.2. The molecule has 3 nitrogen and oxygen atoms in total. The molecule has 3 heteroatoms. The molecule has 1 unspecified atom stereocenters. The number of carbonyl (C=O) groups is 1. The van der Waals surface area contributed by atoms with Gasteiger partial charge in [0.1, 0.15) is 6.10 Å². The molecule has 1 aromatic rings. The summed E-state index contributed by atoms with van der Waals surface area (Å²) in [5.74, 6) is 0. The fraction of sp³-hybridized carbons (Fsp3) is 0.364. The molecule has 0 saturated carbocycles. The third-order valence-electron chi connectivity index (χ3n) is 2.12. The molecule has 0 aromatic heterocycles. The van der Waals surface area contributed by atoms with Crippen molar-refractivity contribution >= 4 is 12.0 Å². The highest BCUT2D eigenvalue weighted by atomic mass is 16.5. The van der Waals surface area contributed by atoms with Gasteiger partial charge < -0.3 is 14.4 Å². The van der Waals surface area contributed by atoms with Crippen molar-refractivity contribution < 1.29 is 9.53 Å². The summed E-state index contributed by atoms with van der Waals surface area (Å²) < 4.78 is 5.00. The second kappa shape index (κ2) is 4.77. The Balaban J connectivity index is 2.87. The molecule has 0 heterocycles. The van der Waals surface area contributed by atoms with Crippen molar-refractivity contribution in [1.29, 1.82) is 0 Å². The van der Waals surface area contributed by atoms with E-state index in [2.05, 4.69) is 0 Å². The first-order valence-corrected chi connectivity index (χ1v) is 4.44. The summed E-state index contributed by atoms with van der Waals surface area (Å²) in [7, 11) is 5.48. The number of hydrogen-bond donors (Lipinski definition) is 0. The van der Waals surface area contributed by atoms with Crippen LogP contribution in [-0.4, -0.2) is 27.5 Å². The molecule has 0 aliphatic heterocycles. The number of methoxy groups -OCH3 is 1. The maximum Gasteiger partial charge on any atom is 0.153 e. The van der Waals surface area contributed by atoms with Crippen LogP contribution in [0.2, 0.25) is 0 Å². The van der Waals surface area contributed by atoms with Gasteiger partial charge in [-0.1, -0.05) is 12.1 Å². The van der Waals surface area contributed by atoms with E-state index < -0.39 is 6.10 Å². The summed E-state index contributed by atoms with van der Waals surface area (Å²) >= 11 is 0. The average molecular weight is 193 g/mol. The van der Waals surface area contributed by atoms with Gasteiger partial charge in [0.25, 0.3) is 0 Å². The van der Waals surface area contributed by atoms with E-state index in [9.17, 15) is 4.79 Å². The van der Waals surface area contributed by atoms with Crippen LogP contribution in [0.3, 0.4) is 0 Å². The van der Waals surface area contributed by atoms with Crippen LogP contribution >= 0.6 is 0 Å². The summed E-state index contributed by atoms with van der Waals surface area (Å²) in [5.41, 5.74) is 1.99. The van der Waals surface area contributed by atoms with Crippen LogP contribution < -0.4 is 4.90 Å². The second-order valence-corrected chi connectivity index (χ2v) is 3.28. The summed E-state index contributed by atoms with van der Waals surface area (Å²) in [6.45, 7) is 0. The lowest BCUT2D eigenvalue weighted by atomic mass is 10.1. The maximum atomic E-state index is 10.6. The van der Waals surface area contributed by atoms with Crippen LogP contribution in [0.1, 0.15) is 11.7 Å². The Morgan fingerprint density at radius 3 is 2.21 bits per heavy atom. The smallest absolute Gasteiger partial charge is 0.153 e. The third kappa shape index (κ3) is 2.33. The molecule has 76 valence electrons. The molecule has 1 aromatic carbocycles. The predicted molar refractivity (Wildman–Crippen MR) is 56.6 cm³/mol. The van der Waals surface area contributed by atoms with Gasteiger partial charge in [0, 0.05) is 26.9 Å². The number of nitrogens with zero attached hydrogens (tertiary/aromatic N) is 1. The van der Waals surface area contributed by atoms with Crippen LogP contribution in [0.25, 0.3) is 0 Å². The van der Waals surface area contributed by atoms with Crippen LogP contribution in [0.4, 0.5) is 5.69 Å². The molecule has 0 aliphatic carbocycles. The number of carbonyl (C=O) groups excluding carboxylic acids is 1. The Morgan fingerprint density at radius 1 is 1.29 bits per heavy atom. The number of anilines is 1.